The molecule has 0 fully saturated rings. The lowest BCUT2D eigenvalue weighted by molar-refractivity contribution is 0.105. The van der Waals surface area contributed by atoms with Gasteiger partial charge in [-0.2, -0.15) is 0 Å². The largest absolute Gasteiger partial charge is 0.372 e. The van der Waals surface area contributed by atoms with Crippen LogP contribution in [0.15, 0.2) is 30.3 Å². The molecule has 0 aliphatic carbocycles. The highest BCUT2D eigenvalue weighted by Gasteiger charge is 2.06. The standard InChI is InChI=1S/C14H16FNOS/c1-10-12(6-13(7-16)18-10)9-17-8-11-4-2-3-5-14(11)15/h2-6H,7-9,16H2,1H3. The van der Waals surface area contributed by atoms with Gasteiger partial charge in [0.1, 0.15) is 5.82 Å². The Morgan fingerprint density at radius 1 is 1.22 bits per heavy atom. The van der Waals surface area contributed by atoms with E-state index in [2.05, 4.69) is 6.07 Å². The van der Waals surface area contributed by atoms with Crippen molar-refractivity contribution in [3.8, 4) is 0 Å². The van der Waals surface area contributed by atoms with Gasteiger partial charge in [0.05, 0.1) is 13.2 Å². The smallest absolute Gasteiger partial charge is 0.128 e. The van der Waals surface area contributed by atoms with Gasteiger partial charge in [-0.05, 0) is 24.6 Å². The fourth-order valence-corrected chi connectivity index (χ4v) is 2.64. The van der Waals surface area contributed by atoms with Crippen molar-refractivity contribution in [1.29, 1.82) is 0 Å². The van der Waals surface area contributed by atoms with Crippen LogP contribution in [-0.2, 0) is 24.5 Å². The zero-order valence-electron chi connectivity index (χ0n) is 10.3. The summed E-state index contributed by atoms with van der Waals surface area (Å²) in [5.74, 6) is -0.220. The summed E-state index contributed by atoms with van der Waals surface area (Å²) in [7, 11) is 0. The van der Waals surface area contributed by atoms with Crippen LogP contribution in [0.2, 0.25) is 0 Å². The first kappa shape index (κ1) is 13.2. The number of nitrogens with two attached hydrogens (primary N) is 1. The maximum atomic E-state index is 13.4. The molecule has 0 aliphatic heterocycles. The zero-order chi connectivity index (χ0) is 13.0. The second-order valence-corrected chi connectivity index (χ2v) is 5.42. The number of benzene rings is 1. The van der Waals surface area contributed by atoms with Crippen LogP contribution >= 0.6 is 11.3 Å². The normalized spacial score (nSPS) is 10.8. The third kappa shape index (κ3) is 3.16. The SMILES string of the molecule is Cc1sc(CN)cc1COCc1ccccc1F. The van der Waals surface area contributed by atoms with Gasteiger partial charge in [-0.25, -0.2) is 4.39 Å². The number of ether oxygens (including phenoxy) is 1. The molecule has 0 bridgehead atoms. The minimum absolute atomic E-state index is 0.220. The summed E-state index contributed by atoms with van der Waals surface area (Å²) in [5, 5.41) is 0. The average Bonchev–Trinajstić information content (AvgIpc) is 2.73. The molecule has 0 spiro atoms. The summed E-state index contributed by atoms with van der Waals surface area (Å²) >= 11 is 1.68. The molecule has 1 aromatic carbocycles. The summed E-state index contributed by atoms with van der Waals surface area (Å²) in [6.45, 7) is 3.39. The summed E-state index contributed by atoms with van der Waals surface area (Å²) < 4.78 is 18.9. The second-order valence-electron chi connectivity index (χ2n) is 4.08. The summed E-state index contributed by atoms with van der Waals surface area (Å²) in [6, 6.07) is 8.73. The summed E-state index contributed by atoms with van der Waals surface area (Å²) in [4.78, 5) is 2.36. The van der Waals surface area contributed by atoms with Crippen molar-refractivity contribution in [3.05, 3.63) is 57.0 Å². The highest BCUT2D eigenvalue weighted by atomic mass is 32.1. The first-order valence-electron chi connectivity index (χ1n) is 5.80. The van der Waals surface area contributed by atoms with Crippen molar-refractivity contribution in [3.63, 3.8) is 0 Å². The Morgan fingerprint density at radius 2 is 1.94 bits per heavy atom. The van der Waals surface area contributed by atoms with Gasteiger partial charge in [0, 0.05) is 21.9 Å². The Hall–Kier alpha value is -1.23. The van der Waals surface area contributed by atoms with Crippen LogP contribution in [0.1, 0.15) is 20.9 Å². The number of hydrogen-bond donors (Lipinski definition) is 1. The van der Waals surface area contributed by atoms with Gasteiger partial charge < -0.3 is 10.5 Å². The predicted octanol–water partition coefficient (Wildman–Crippen LogP) is 3.37. The molecule has 2 N–H and O–H groups in total. The lowest BCUT2D eigenvalue weighted by atomic mass is 10.2. The van der Waals surface area contributed by atoms with Crippen molar-refractivity contribution >= 4 is 11.3 Å². The van der Waals surface area contributed by atoms with Gasteiger partial charge in [0.25, 0.3) is 0 Å². The highest BCUT2D eigenvalue weighted by molar-refractivity contribution is 7.12. The van der Waals surface area contributed by atoms with E-state index in [0.717, 1.165) is 10.4 Å². The second kappa shape index (κ2) is 6.09. The van der Waals surface area contributed by atoms with Crippen molar-refractivity contribution < 1.29 is 9.13 Å². The monoisotopic (exact) mass is 265 g/mol. The molecule has 1 aromatic heterocycles. The van der Waals surface area contributed by atoms with Gasteiger partial charge in [-0.3, -0.25) is 0 Å². The van der Waals surface area contributed by atoms with Crippen LogP contribution in [-0.4, -0.2) is 0 Å². The molecule has 0 unspecified atom stereocenters. The van der Waals surface area contributed by atoms with E-state index in [4.69, 9.17) is 10.5 Å². The minimum Gasteiger partial charge on any atom is -0.372 e. The van der Waals surface area contributed by atoms with Crippen LogP contribution in [0.4, 0.5) is 4.39 Å². The number of rotatable bonds is 5. The van der Waals surface area contributed by atoms with Crippen LogP contribution in [0.3, 0.4) is 0 Å². The molecule has 0 atom stereocenters. The van der Waals surface area contributed by atoms with Gasteiger partial charge in [0.2, 0.25) is 0 Å². The summed E-state index contributed by atoms with van der Waals surface area (Å²) in [6.07, 6.45) is 0. The van der Waals surface area contributed by atoms with Gasteiger partial charge in [-0.1, -0.05) is 18.2 Å². The van der Waals surface area contributed by atoms with E-state index in [-0.39, 0.29) is 5.82 Å². The van der Waals surface area contributed by atoms with Gasteiger partial charge in [0.15, 0.2) is 0 Å². The van der Waals surface area contributed by atoms with Crippen molar-refractivity contribution in [2.24, 2.45) is 5.73 Å². The van der Waals surface area contributed by atoms with E-state index in [9.17, 15) is 4.39 Å². The molecular weight excluding hydrogens is 249 g/mol. The van der Waals surface area contributed by atoms with E-state index in [0.29, 0.717) is 25.3 Å². The van der Waals surface area contributed by atoms with Crippen LogP contribution < -0.4 is 5.73 Å². The van der Waals surface area contributed by atoms with E-state index in [1.54, 1.807) is 23.5 Å². The topological polar surface area (TPSA) is 35.2 Å². The van der Waals surface area contributed by atoms with Gasteiger partial charge >= 0.3 is 0 Å². The molecule has 0 amide bonds. The lowest BCUT2D eigenvalue weighted by Crippen LogP contribution is -1.97. The highest BCUT2D eigenvalue weighted by Crippen LogP contribution is 2.22. The number of thiophene rings is 1. The van der Waals surface area contributed by atoms with Crippen molar-refractivity contribution in [2.75, 3.05) is 0 Å². The van der Waals surface area contributed by atoms with Crippen molar-refractivity contribution in [2.45, 2.75) is 26.7 Å². The van der Waals surface area contributed by atoms with E-state index in [1.807, 2.05) is 13.0 Å². The molecule has 2 aromatic rings. The Bertz CT molecular complexity index is 524. The average molecular weight is 265 g/mol. The quantitative estimate of drug-likeness (QED) is 0.899. The maximum Gasteiger partial charge on any atom is 0.128 e. The Balaban J connectivity index is 1.92. The molecule has 2 rings (SSSR count). The first-order valence-corrected chi connectivity index (χ1v) is 6.61. The number of aryl methyl sites for hydroxylation is 1. The van der Waals surface area contributed by atoms with E-state index < -0.39 is 0 Å². The molecule has 4 heteroatoms. The third-order valence-electron chi connectivity index (χ3n) is 2.75. The molecule has 18 heavy (non-hydrogen) atoms. The summed E-state index contributed by atoms with van der Waals surface area (Å²) in [5.41, 5.74) is 7.31. The van der Waals surface area contributed by atoms with Gasteiger partial charge in [-0.15, -0.1) is 11.3 Å². The molecule has 2 nitrogen and oxygen atoms in total. The third-order valence-corrected chi connectivity index (χ3v) is 3.86. The first-order chi connectivity index (χ1) is 8.70. The molecule has 1 heterocycles. The van der Waals surface area contributed by atoms with E-state index >= 15 is 0 Å². The molecule has 0 saturated carbocycles. The predicted molar refractivity (Wildman–Crippen MR) is 71.8 cm³/mol. The fraction of sp³-hybridized carbons (Fsp3) is 0.286. The van der Waals surface area contributed by atoms with Crippen molar-refractivity contribution in [1.82, 2.24) is 0 Å². The zero-order valence-corrected chi connectivity index (χ0v) is 11.1. The van der Waals surface area contributed by atoms with Crippen LogP contribution in [0, 0.1) is 12.7 Å². The van der Waals surface area contributed by atoms with E-state index in [1.165, 1.54) is 10.9 Å². The Labute approximate surface area is 110 Å². The number of hydrogen-bond acceptors (Lipinski definition) is 3. The Morgan fingerprint density at radius 3 is 2.61 bits per heavy atom. The number of halogens is 1. The fourth-order valence-electron chi connectivity index (χ4n) is 1.72. The molecule has 0 saturated heterocycles. The lowest BCUT2D eigenvalue weighted by Gasteiger charge is -2.05. The maximum absolute atomic E-state index is 13.4. The molecular formula is C14H16FNOS. The van der Waals surface area contributed by atoms with Crippen LogP contribution in [0.25, 0.3) is 0 Å². The Kier molecular flexibility index (Phi) is 4.47. The molecule has 96 valence electrons. The molecule has 0 aliphatic rings. The minimum atomic E-state index is -0.220. The van der Waals surface area contributed by atoms with Crippen LogP contribution in [0.5, 0.6) is 0 Å². The molecule has 0 radical (unpaired) electrons.